The molecule has 0 radical (unpaired) electrons. The zero-order chi connectivity index (χ0) is 16.1. The van der Waals surface area contributed by atoms with Gasteiger partial charge in [0.25, 0.3) is 0 Å². The first kappa shape index (κ1) is 16.2. The molecule has 1 saturated heterocycles. The van der Waals surface area contributed by atoms with Gasteiger partial charge in [0.2, 0.25) is 0 Å². The van der Waals surface area contributed by atoms with E-state index in [0.717, 1.165) is 17.4 Å². The van der Waals surface area contributed by atoms with Gasteiger partial charge in [0.1, 0.15) is 19.0 Å². The van der Waals surface area contributed by atoms with E-state index < -0.39 is 12.1 Å². The van der Waals surface area contributed by atoms with Crippen LogP contribution in [0.4, 0.5) is 0 Å². The standard InChI is InChI=1S/C17H20O5/c1-11-15-7-6-13(9-18)4-3-5-14(10-21-12(2)19)8-16(15)22-17(11)20/h4,8-9,15-16H,1,3,5-7,10H2,2H3/t15-,16+/m0/s1. The average Bonchev–Trinajstić information content (AvgIpc) is 2.75. The first-order valence-electron chi connectivity index (χ1n) is 7.38. The molecule has 5 heteroatoms. The molecular weight excluding hydrogens is 284 g/mol. The van der Waals surface area contributed by atoms with Gasteiger partial charge in [0.05, 0.1) is 0 Å². The molecular formula is C17H20O5. The van der Waals surface area contributed by atoms with Crippen molar-refractivity contribution in [1.29, 1.82) is 0 Å². The molecule has 0 aromatic rings. The molecule has 0 unspecified atom stereocenters. The molecule has 0 aromatic heterocycles. The summed E-state index contributed by atoms with van der Waals surface area (Å²) in [6.07, 6.45) is 6.80. The summed E-state index contributed by atoms with van der Waals surface area (Å²) in [5.74, 6) is -0.887. The summed E-state index contributed by atoms with van der Waals surface area (Å²) >= 11 is 0. The van der Waals surface area contributed by atoms with Gasteiger partial charge in [-0.2, -0.15) is 0 Å². The van der Waals surface area contributed by atoms with Gasteiger partial charge in [0, 0.05) is 18.4 Å². The second kappa shape index (κ2) is 7.20. The molecule has 0 aromatic carbocycles. The predicted molar refractivity (Wildman–Crippen MR) is 79.8 cm³/mol. The molecule has 1 heterocycles. The van der Waals surface area contributed by atoms with Gasteiger partial charge in [-0.25, -0.2) is 4.79 Å². The smallest absolute Gasteiger partial charge is 0.334 e. The average molecular weight is 304 g/mol. The minimum Gasteiger partial charge on any atom is -0.461 e. The van der Waals surface area contributed by atoms with Crippen molar-refractivity contribution in [3.8, 4) is 0 Å². The van der Waals surface area contributed by atoms with Gasteiger partial charge >= 0.3 is 11.9 Å². The van der Waals surface area contributed by atoms with Crippen molar-refractivity contribution in [2.75, 3.05) is 6.61 Å². The highest BCUT2D eigenvalue weighted by Gasteiger charge is 2.37. The third-order valence-corrected chi connectivity index (χ3v) is 3.98. The van der Waals surface area contributed by atoms with Crippen LogP contribution in [0.2, 0.25) is 0 Å². The van der Waals surface area contributed by atoms with Crippen LogP contribution in [0.15, 0.2) is 35.5 Å². The van der Waals surface area contributed by atoms with Gasteiger partial charge in [0.15, 0.2) is 0 Å². The van der Waals surface area contributed by atoms with E-state index >= 15 is 0 Å². The topological polar surface area (TPSA) is 69.7 Å². The number of fused-ring (bicyclic) bond motifs is 1. The van der Waals surface area contributed by atoms with Gasteiger partial charge < -0.3 is 9.47 Å². The third-order valence-electron chi connectivity index (χ3n) is 3.98. The Morgan fingerprint density at radius 1 is 1.50 bits per heavy atom. The van der Waals surface area contributed by atoms with E-state index in [-0.39, 0.29) is 18.5 Å². The van der Waals surface area contributed by atoms with Crippen LogP contribution in [0.3, 0.4) is 0 Å². The van der Waals surface area contributed by atoms with E-state index in [4.69, 9.17) is 9.47 Å². The third kappa shape index (κ3) is 3.93. The molecule has 0 bridgehead atoms. The molecule has 2 aliphatic rings. The fraction of sp³-hybridized carbons (Fsp3) is 0.471. The van der Waals surface area contributed by atoms with Gasteiger partial charge in [-0.15, -0.1) is 0 Å². The highest BCUT2D eigenvalue weighted by molar-refractivity contribution is 5.91. The Hall–Kier alpha value is -2.17. The zero-order valence-electron chi connectivity index (χ0n) is 12.7. The Morgan fingerprint density at radius 2 is 2.27 bits per heavy atom. The van der Waals surface area contributed by atoms with E-state index in [1.807, 2.05) is 12.2 Å². The van der Waals surface area contributed by atoms with Crippen LogP contribution in [0.1, 0.15) is 32.6 Å². The summed E-state index contributed by atoms with van der Waals surface area (Å²) < 4.78 is 10.4. The number of aldehydes is 1. The second-order valence-corrected chi connectivity index (χ2v) is 5.58. The minimum atomic E-state index is -0.394. The molecule has 1 aliphatic heterocycles. The SMILES string of the molecule is C=C1C(=O)O[C@@H]2C=C(COC(C)=O)CCC=C(C=O)CC[C@@H]12. The minimum absolute atomic E-state index is 0.138. The van der Waals surface area contributed by atoms with Crippen LogP contribution in [0.5, 0.6) is 0 Å². The molecule has 0 amide bonds. The molecule has 0 saturated carbocycles. The number of rotatable bonds is 3. The van der Waals surface area contributed by atoms with E-state index in [1.165, 1.54) is 6.92 Å². The van der Waals surface area contributed by atoms with Crippen molar-refractivity contribution >= 4 is 18.2 Å². The lowest BCUT2D eigenvalue weighted by molar-refractivity contribution is -0.140. The van der Waals surface area contributed by atoms with E-state index in [0.29, 0.717) is 31.3 Å². The lowest BCUT2D eigenvalue weighted by atomic mass is 9.88. The number of allylic oxidation sites excluding steroid dienone is 2. The number of hydrogen-bond donors (Lipinski definition) is 0. The summed E-state index contributed by atoms with van der Waals surface area (Å²) in [5, 5.41) is 0. The number of carbonyl (C=O) groups excluding carboxylic acids is 3. The predicted octanol–water partition coefficient (Wildman–Crippen LogP) is 2.27. The Morgan fingerprint density at radius 3 is 2.95 bits per heavy atom. The number of hydrogen-bond acceptors (Lipinski definition) is 5. The summed E-state index contributed by atoms with van der Waals surface area (Å²) in [7, 11) is 0. The monoisotopic (exact) mass is 304 g/mol. The Kier molecular flexibility index (Phi) is 5.31. The highest BCUT2D eigenvalue weighted by atomic mass is 16.6. The van der Waals surface area contributed by atoms with E-state index in [2.05, 4.69) is 6.58 Å². The van der Waals surface area contributed by atoms with Crippen LogP contribution >= 0.6 is 0 Å². The molecule has 1 aliphatic carbocycles. The van der Waals surface area contributed by atoms with Crippen LogP contribution < -0.4 is 0 Å². The molecule has 5 nitrogen and oxygen atoms in total. The summed E-state index contributed by atoms with van der Waals surface area (Å²) in [6, 6.07) is 0. The molecule has 0 spiro atoms. The van der Waals surface area contributed by atoms with Gasteiger partial charge in [-0.05, 0) is 42.9 Å². The summed E-state index contributed by atoms with van der Waals surface area (Å²) in [5.41, 5.74) is 2.05. The van der Waals surface area contributed by atoms with Crippen molar-refractivity contribution < 1.29 is 23.9 Å². The zero-order valence-corrected chi connectivity index (χ0v) is 12.7. The maximum atomic E-state index is 11.7. The molecule has 22 heavy (non-hydrogen) atoms. The van der Waals surface area contributed by atoms with Crippen molar-refractivity contribution in [1.82, 2.24) is 0 Å². The molecule has 2 atom stereocenters. The Labute approximate surface area is 129 Å². The van der Waals surface area contributed by atoms with Gasteiger partial charge in [-0.3, -0.25) is 9.59 Å². The number of carbonyl (C=O) groups is 3. The van der Waals surface area contributed by atoms with Crippen LogP contribution in [0.25, 0.3) is 0 Å². The van der Waals surface area contributed by atoms with Crippen LogP contribution in [-0.2, 0) is 23.9 Å². The Balaban J connectivity index is 2.23. The summed E-state index contributed by atoms with van der Waals surface area (Å²) in [4.78, 5) is 33.8. The maximum Gasteiger partial charge on any atom is 0.334 e. The normalized spacial score (nSPS) is 25.5. The number of esters is 2. The van der Waals surface area contributed by atoms with E-state index in [9.17, 15) is 14.4 Å². The largest absolute Gasteiger partial charge is 0.461 e. The Bertz CT molecular complexity index is 555. The van der Waals surface area contributed by atoms with Gasteiger partial charge in [-0.1, -0.05) is 12.7 Å². The molecule has 1 fully saturated rings. The fourth-order valence-corrected chi connectivity index (χ4v) is 2.72. The van der Waals surface area contributed by atoms with Crippen molar-refractivity contribution in [3.63, 3.8) is 0 Å². The van der Waals surface area contributed by atoms with Crippen molar-refractivity contribution in [3.05, 3.63) is 35.5 Å². The van der Waals surface area contributed by atoms with Crippen molar-refractivity contribution in [2.24, 2.45) is 5.92 Å². The maximum absolute atomic E-state index is 11.7. The molecule has 0 N–H and O–H groups in total. The molecule has 2 rings (SSSR count). The molecule has 118 valence electrons. The summed E-state index contributed by atoms with van der Waals surface area (Å²) in [6.45, 7) is 5.33. The van der Waals surface area contributed by atoms with Crippen LogP contribution in [-0.4, -0.2) is 30.9 Å². The van der Waals surface area contributed by atoms with Crippen LogP contribution in [0, 0.1) is 5.92 Å². The van der Waals surface area contributed by atoms with E-state index in [1.54, 1.807) is 0 Å². The first-order valence-corrected chi connectivity index (χ1v) is 7.38. The fourth-order valence-electron chi connectivity index (χ4n) is 2.72. The highest BCUT2D eigenvalue weighted by Crippen LogP contribution is 2.34. The van der Waals surface area contributed by atoms with Crippen molar-refractivity contribution in [2.45, 2.75) is 38.7 Å². The lowest BCUT2D eigenvalue weighted by Gasteiger charge is -2.18. The first-order chi connectivity index (χ1) is 10.5. The number of ether oxygens (including phenoxy) is 2. The lowest BCUT2D eigenvalue weighted by Crippen LogP contribution is -2.17. The quantitative estimate of drug-likeness (QED) is 0.346. The second-order valence-electron chi connectivity index (χ2n) is 5.58.